The Bertz CT molecular complexity index is 1780. The summed E-state index contributed by atoms with van der Waals surface area (Å²) in [6, 6.07) is 55.9. The van der Waals surface area contributed by atoms with Gasteiger partial charge in [0.05, 0.1) is 11.0 Å². The topological polar surface area (TPSA) is 128 Å². The van der Waals surface area contributed by atoms with Crippen LogP contribution in [0.2, 0.25) is 5.02 Å². The molecule has 7 aromatic rings. The molecule has 2 amide bonds. The number of aromatic nitrogens is 2. The number of nitrogens with zero attached hydrogens (tertiary/aromatic N) is 1. The minimum absolute atomic E-state index is 0. The summed E-state index contributed by atoms with van der Waals surface area (Å²) in [6.45, 7) is 0. The van der Waals surface area contributed by atoms with Gasteiger partial charge in [-0.2, -0.15) is 0 Å². The van der Waals surface area contributed by atoms with E-state index < -0.39 is 25.8 Å². The molecular formula is C39H36ClFN4O2Sn. The molecule has 0 atom stereocenters. The zero-order valence-electron chi connectivity index (χ0n) is 26.1. The molecule has 6 N–H and O–H groups in total. The van der Waals surface area contributed by atoms with Crippen LogP contribution in [0.25, 0.3) is 11.0 Å². The summed E-state index contributed by atoms with van der Waals surface area (Å²) < 4.78 is 16.5. The molecule has 0 aliphatic heterocycles. The fourth-order valence-corrected chi connectivity index (χ4v) is 12.1. The third-order valence-electron chi connectivity index (χ3n) is 6.64. The summed E-state index contributed by atoms with van der Waals surface area (Å²) in [7, 11) is 0. The molecule has 6 nitrogen and oxygen atoms in total. The van der Waals surface area contributed by atoms with Crippen molar-refractivity contribution in [3.05, 3.63) is 192 Å². The maximum atomic E-state index is 11.9. The first kappa shape index (κ1) is 37.5. The summed E-state index contributed by atoms with van der Waals surface area (Å²) >= 11 is 3.87. The van der Waals surface area contributed by atoms with Gasteiger partial charge in [-0.25, -0.2) is 14.2 Å². The number of urea groups is 1. The molecule has 0 saturated carbocycles. The van der Waals surface area contributed by atoms with Crippen LogP contribution in [0.4, 0.5) is 9.18 Å². The molecule has 0 fully saturated rings. The van der Waals surface area contributed by atoms with Crippen LogP contribution in [0, 0.1) is 5.82 Å². The number of halogens is 2. The van der Waals surface area contributed by atoms with Gasteiger partial charge in [0.1, 0.15) is 11.6 Å². The zero-order valence-corrected chi connectivity index (χ0v) is 29.7. The van der Waals surface area contributed by atoms with Crippen molar-refractivity contribution in [2.45, 2.75) is 6.42 Å². The van der Waals surface area contributed by atoms with Crippen LogP contribution in [0.1, 0.15) is 11.4 Å². The number of H-pyrrole nitrogens is 1. The van der Waals surface area contributed by atoms with Crippen molar-refractivity contribution in [1.29, 1.82) is 0 Å². The number of fused-ring (bicyclic) bond motifs is 1. The predicted octanol–water partition coefficient (Wildman–Crippen LogP) is 6.68. The number of rotatable bonds is 5. The van der Waals surface area contributed by atoms with E-state index in [0.717, 1.165) is 28.3 Å². The van der Waals surface area contributed by atoms with Gasteiger partial charge in [-0.1, -0.05) is 54.1 Å². The Labute approximate surface area is 292 Å². The minimum atomic E-state index is -1.98. The molecule has 48 heavy (non-hydrogen) atoms. The number of nitrogens with one attached hydrogen (secondary N) is 1. The summed E-state index contributed by atoms with van der Waals surface area (Å²) in [5.74, 6) is 0.802. The van der Waals surface area contributed by atoms with Gasteiger partial charge in [0.15, 0.2) is 0 Å². The second-order valence-electron chi connectivity index (χ2n) is 10.2. The van der Waals surface area contributed by atoms with Crippen LogP contribution < -0.4 is 22.2 Å². The number of benzene rings is 6. The first-order chi connectivity index (χ1) is 22.9. The molecule has 0 radical (unpaired) electrons. The van der Waals surface area contributed by atoms with E-state index in [1.54, 1.807) is 18.2 Å². The molecule has 0 unspecified atom stereocenters. The molecule has 1 aromatic heterocycles. The molecule has 0 bridgehead atoms. The fraction of sp³-hybridized carbons (Fsp3) is 0.0256. The number of carbonyl (C=O) groups is 1. The second-order valence-corrected chi connectivity index (χ2v) is 17.7. The van der Waals surface area contributed by atoms with Gasteiger partial charge >= 0.3 is 128 Å². The van der Waals surface area contributed by atoms with E-state index >= 15 is 0 Å². The zero-order chi connectivity index (χ0) is 33.3. The Balaban J connectivity index is 0.000000197. The van der Waals surface area contributed by atoms with Crippen molar-refractivity contribution in [1.82, 2.24) is 9.97 Å². The van der Waals surface area contributed by atoms with Gasteiger partial charge in [-0.3, -0.25) is 0 Å². The predicted molar refractivity (Wildman–Crippen MR) is 196 cm³/mol. The molecule has 6 aromatic carbocycles. The number of hydrogen-bond acceptors (Lipinski definition) is 3. The summed E-state index contributed by atoms with van der Waals surface area (Å²) in [6.07, 6.45) is 0.797. The molecule has 9 heteroatoms. The number of hydrogen-bond donors (Lipinski definition) is 3. The number of nitrogens with two attached hydrogens (primary N) is 2. The van der Waals surface area contributed by atoms with Crippen molar-refractivity contribution in [3.8, 4) is 0 Å². The van der Waals surface area contributed by atoms with Crippen LogP contribution in [0.5, 0.6) is 0 Å². The van der Waals surface area contributed by atoms with Crippen molar-refractivity contribution >= 4 is 59.2 Å². The van der Waals surface area contributed by atoms with Gasteiger partial charge in [0, 0.05) is 11.4 Å². The first-order valence-corrected chi connectivity index (χ1v) is 19.5. The van der Waals surface area contributed by atoms with Gasteiger partial charge in [-0.05, 0) is 42.0 Å². The summed E-state index contributed by atoms with van der Waals surface area (Å²) in [5.41, 5.74) is 11.8. The Morgan fingerprint density at radius 2 is 1.02 bits per heavy atom. The summed E-state index contributed by atoms with van der Waals surface area (Å²) in [5, 5.41) is 0.762. The van der Waals surface area contributed by atoms with Crippen molar-refractivity contribution in [3.63, 3.8) is 0 Å². The van der Waals surface area contributed by atoms with Gasteiger partial charge in [0.2, 0.25) is 0 Å². The van der Waals surface area contributed by atoms with Crippen LogP contribution in [-0.4, -0.2) is 41.2 Å². The van der Waals surface area contributed by atoms with E-state index in [4.69, 9.17) is 16.4 Å². The van der Waals surface area contributed by atoms with E-state index in [9.17, 15) is 4.39 Å². The van der Waals surface area contributed by atoms with E-state index in [1.165, 1.54) is 28.4 Å². The van der Waals surface area contributed by atoms with Crippen LogP contribution in [0.3, 0.4) is 0 Å². The third kappa shape index (κ3) is 12.7. The third-order valence-corrected chi connectivity index (χ3v) is 14.7. The number of carbonyl (C=O) groups excluding carboxylic acids is 1. The first-order valence-electron chi connectivity index (χ1n) is 14.9. The Hall–Kier alpha value is -4.96. The van der Waals surface area contributed by atoms with E-state index in [0.29, 0.717) is 0 Å². The van der Waals surface area contributed by atoms with Gasteiger partial charge in [-0.15, -0.1) is 0 Å². The quantitative estimate of drug-likeness (QED) is 0.169. The number of imidazole rings is 1. The van der Waals surface area contributed by atoms with Crippen molar-refractivity contribution < 1.29 is 14.7 Å². The fourth-order valence-electron chi connectivity index (χ4n) is 4.61. The standard InChI is InChI=1S/C14H11ClN2.C6H5F.3C6H5.CH4N2O.H2O.Sn/c15-11-7-5-10(6-8-11)9-14-16-12-3-1-2-4-13(12)17-14;7-6-4-2-1-3-5-6;3*1-2-4-6-5-3-1;2-1(3)4;;/h1-8H,9H2,(H,16,17);1-5H;3*1-5H;(H4,2,3,4);1H2;/q;;;;;;;+1/p-1. The molecule has 7 rings (SSSR count). The van der Waals surface area contributed by atoms with Crippen molar-refractivity contribution in [2.24, 2.45) is 11.5 Å². The van der Waals surface area contributed by atoms with Crippen LogP contribution in [-0.2, 0) is 6.42 Å². The number of amides is 2. The normalized spacial score (nSPS) is 9.62. The SMILES string of the molecule is Clc1ccc(Cc2nc3ccccc3[nH]2)cc1.Fc1ccccc1.NC(N)=O.[OH-].c1cc[c]([Sn+]([c]2ccccc2)[c]2ccccc2)cc1. The monoisotopic (exact) mass is 766 g/mol. The van der Waals surface area contributed by atoms with E-state index in [-0.39, 0.29) is 11.3 Å². The molecule has 1 heterocycles. The second kappa shape index (κ2) is 20.3. The molecular weight excluding hydrogens is 730 g/mol. The maximum absolute atomic E-state index is 11.9. The average Bonchev–Trinajstić information content (AvgIpc) is 3.51. The van der Waals surface area contributed by atoms with Crippen LogP contribution in [0.15, 0.2) is 170 Å². The van der Waals surface area contributed by atoms with Crippen LogP contribution >= 0.6 is 11.6 Å². The Morgan fingerprint density at radius 1 is 0.625 bits per heavy atom. The van der Waals surface area contributed by atoms with Crippen molar-refractivity contribution in [2.75, 3.05) is 0 Å². The Morgan fingerprint density at radius 3 is 1.42 bits per heavy atom. The molecule has 0 aliphatic carbocycles. The average molecular weight is 766 g/mol. The molecule has 0 saturated heterocycles. The van der Waals surface area contributed by atoms with Gasteiger partial charge < -0.3 is 21.9 Å². The number of para-hydroxylation sites is 2. The van der Waals surface area contributed by atoms with E-state index in [1.807, 2.05) is 48.5 Å². The number of aromatic amines is 1. The molecule has 242 valence electrons. The van der Waals surface area contributed by atoms with Gasteiger partial charge in [0.25, 0.3) is 0 Å². The van der Waals surface area contributed by atoms with E-state index in [2.05, 4.69) is 112 Å². The molecule has 0 aliphatic rings. The Kier molecular flexibility index (Phi) is 15.9. The molecule has 0 spiro atoms. The summed E-state index contributed by atoms with van der Waals surface area (Å²) in [4.78, 5) is 16.9. The number of primary amides is 2.